The van der Waals surface area contributed by atoms with Crippen LogP contribution >= 0.6 is 0 Å². The lowest BCUT2D eigenvalue weighted by atomic mass is 9.91. The highest BCUT2D eigenvalue weighted by molar-refractivity contribution is 5.96. The number of rotatable bonds is 1. The van der Waals surface area contributed by atoms with Crippen LogP contribution < -0.4 is 5.32 Å². The van der Waals surface area contributed by atoms with Crippen LogP contribution in [0.1, 0.15) is 5.56 Å². The van der Waals surface area contributed by atoms with Gasteiger partial charge in [0, 0.05) is 17.5 Å². The number of benzene rings is 3. The molecule has 0 spiro atoms. The maximum atomic E-state index is 3.40. The van der Waals surface area contributed by atoms with Crippen molar-refractivity contribution in [2.75, 3.05) is 5.32 Å². The van der Waals surface area contributed by atoms with Crippen molar-refractivity contribution >= 4 is 11.8 Å². The first-order valence-electron chi connectivity index (χ1n) is 7.14. The second-order valence-electron chi connectivity index (χ2n) is 5.16. The molecule has 1 nitrogen and oxygen atoms in total. The molecule has 0 saturated heterocycles. The predicted molar refractivity (Wildman–Crippen MR) is 90.0 cm³/mol. The zero-order valence-electron chi connectivity index (χ0n) is 11.6. The molecule has 0 saturated carbocycles. The van der Waals surface area contributed by atoms with Crippen LogP contribution in [0.15, 0.2) is 79.0 Å². The molecule has 4 rings (SSSR count). The molecule has 0 aliphatic carbocycles. The largest absolute Gasteiger partial charge is 0.361 e. The van der Waals surface area contributed by atoms with Crippen molar-refractivity contribution in [2.24, 2.45) is 0 Å². The number of hydrogen-bond acceptors (Lipinski definition) is 1. The fourth-order valence-electron chi connectivity index (χ4n) is 2.91. The van der Waals surface area contributed by atoms with Gasteiger partial charge in [-0.25, -0.2) is 0 Å². The highest BCUT2D eigenvalue weighted by atomic mass is 14.8. The maximum absolute atomic E-state index is 3.40. The van der Waals surface area contributed by atoms with Gasteiger partial charge in [0.15, 0.2) is 0 Å². The Bertz CT molecular complexity index is 816. The molecule has 21 heavy (non-hydrogen) atoms. The van der Waals surface area contributed by atoms with Gasteiger partial charge in [-0.15, -0.1) is 0 Å². The van der Waals surface area contributed by atoms with E-state index in [0.717, 1.165) is 5.69 Å². The molecule has 1 N–H and O–H groups in total. The maximum Gasteiger partial charge on any atom is 0.0465 e. The third kappa shape index (κ3) is 2.03. The molecule has 100 valence electrons. The average molecular weight is 269 g/mol. The van der Waals surface area contributed by atoms with Crippen molar-refractivity contribution in [1.82, 2.24) is 0 Å². The summed E-state index contributed by atoms with van der Waals surface area (Å²) in [7, 11) is 0. The topological polar surface area (TPSA) is 12.0 Å². The van der Waals surface area contributed by atoms with E-state index in [1.54, 1.807) is 0 Å². The third-order valence-corrected chi connectivity index (χ3v) is 3.88. The summed E-state index contributed by atoms with van der Waals surface area (Å²) in [6.45, 7) is 0. The Kier molecular flexibility index (Phi) is 2.82. The van der Waals surface area contributed by atoms with Crippen molar-refractivity contribution in [1.29, 1.82) is 0 Å². The van der Waals surface area contributed by atoms with E-state index in [0.29, 0.717) is 0 Å². The lowest BCUT2D eigenvalue weighted by molar-refractivity contribution is 1.55. The first kappa shape index (κ1) is 12.0. The zero-order chi connectivity index (χ0) is 14.1. The van der Waals surface area contributed by atoms with Gasteiger partial charge < -0.3 is 5.32 Å². The van der Waals surface area contributed by atoms with E-state index >= 15 is 0 Å². The van der Waals surface area contributed by atoms with Gasteiger partial charge in [0.05, 0.1) is 0 Å². The van der Waals surface area contributed by atoms with Crippen LogP contribution in [0.25, 0.3) is 28.3 Å². The zero-order valence-corrected chi connectivity index (χ0v) is 11.6. The van der Waals surface area contributed by atoms with Gasteiger partial charge in [-0.05, 0) is 34.4 Å². The van der Waals surface area contributed by atoms with Gasteiger partial charge in [0.2, 0.25) is 0 Å². The quantitative estimate of drug-likeness (QED) is 0.622. The fourth-order valence-corrected chi connectivity index (χ4v) is 2.91. The summed E-state index contributed by atoms with van der Waals surface area (Å²) in [4.78, 5) is 0. The lowest BCUT2D eigenvalue weighted by Gasteiger charge is -2.15. The van der Waals surface area contributed by atoms with Crippen molar-refractivity contribution in [2.45, 2.75) is 0 Å². The average Bonchev–Trinajstić information content (AvgIpc) is 2.75. The molecule has 0 fully saturated rings. The van der Waals surface area contributed by atoms with Crippen LogP contribution in [0.5, 0.6) is 0 Å². The summed E-state index contributed by atoms with van der Waals surface area (Å²) in [6.07, 6.45) is 4.14. The number of fused-ring (bicyclic) bond motifs is 3. The Morgan fingerprint density at radius 2 is 1.38 bits per heavy atom. The van der Waals surface area contributed by atoms with Crippen molar-refractivity contribution in [3.05, 3.63) is 84.6 Å². The van der Waals surface area contributed by atoms with Gasteiger partial charge in [-0.2, -0.15) is 0 Å². The predicted octanol–water partition coefficient (Wildman–Crippen LogP) is 5.42. The minimum Gasteiger partial charge on any atom is -0.361 e. The molecule has 3 aromatic carbocycles. The van der Waals surface area contributed by atoms with Gasteiger partial charge in [0.25, 0.3) is 0 Å². The normalized spacial score (nSPS) is 12.0. The van der Waals surface area contributed by atoms with Crippen LogP contribution in [-0.2, 0) is 0 Å². The summed E-state index contributed by atoms with van der Waals surface area (Å²) >= 11 is 0. The minimum absolute atomic E-state index is 1.15. The van der Waals surface area contributed by atoms with Crippen LogP contribution in [0.3, 0.4) is 0 Å². The second kappa shape index (κ2) is 4.95. The Hall–Kier alpha value is -2.80. The smallest absolute Gasteiger partial charge is 0.0465 e. The minimum atomic E-state index is 1.15. The van der Waals surface area contributed by atoms with E-state index in [4.69, 9.17) is 0 Å². The summed E-state index contributed by atoms with van der Waals surface area (Å²) in [6, 6.07) is 25.5. The number of nitrogens with one attached hydrogen (secondary N) is 1. The van der Waals surface area contributed by atoms with Crippen LogP contribution in [-0.4, -0.2) is 0 Å². The Labute approximate surface area is 124 Å². The summed E-state index contributed by atoms with van der Waals surface area (Å²) < 4.78 is 0. The van der Waals surface area contributed by atoms with Crippen LogP contribution in [0, 0.1) is 0 Å². The lowest BCUT2D eigenvalue weighted by Crippen LogP contribution is -1.92. The van der Waals surface area contributed by atoms with E-state index in [2.05, 4.69) is 84.2 Å². The van der Waals surface area contributed by atoms with Crippen LogP contribution in [0.4, 0.5) is 5.69 Å². The van der Waals surface area contributed by atoms with Crippen molar-refractivity contribution < 1.29 is 0 Å². The van der Waals surface area contributed by atoms with Gasteiger partial charge in [-0.3, -0.25) is 0 Å². The molecule has 1 heteroatoms. The molecule has 0 unspecified atom stereocenters. The molecular formula is C20H15N. The fraction of sp³-hybridized carbons (Fsp3) is 0. The van der Waals surface area contributed by atoms with E-state index in [1.165, 1.54) is 27.8 Å². The Morgan fingerprint density at radius 1 is 0.619 bits per heavy atom. The summed E-state index contributed by atoms with van der Waals surface area (Å²) in [5.74, 6) is 0. The first-order chi connectivity index (χ1) is 10.4. The molecule has 3 aromatic rings. The van der Waals surface area contributed by atoms with Crippen molar-refractivity contribution in [3.8, 4) is 22.3 Å². The van der Waals surface area contributed by atoms with E-state index in [1.807, 2.05) is 6.20 Å². The molecule has 0 amide bonds. The SMILES string of the molecule is C1=Cc2ccccc2-c2c(cccc2-c2ccccc2)N1. The molecule has 0 radical (unpaired) electrons. The Balaban J connectivity index is 2.04. The standard InChI is InChI=1S/C20H15N/c1-2-7-15(8-3-1)18-11-6-12-19-20(18)17-10-5-4-9-16(17)13-14-21-19/h1-14,21H. The molecular weight excluding hydrogens is 254 g/mol. The molecule has 0 atom stereocenters. The third-order valence-electron chi connectivity index (χ3n) is 3.88. The van der Waals surface area contributed by atoms with Gasteiger partial charge >= 0.3 is 0 Å². The molecule has 1 heterocycles. The first-order valence-corrected chi connectivity index (χ1v) is 7.14. The molecule has 1 aliphatic rings. The van der Waals surface area contributed by atoms with Crippen molar-refractivity contribution in [3.63, 3.8) is 0 Å². The molecule has 0 aromatic heterocycles. The Morgan fingerprint density at radius 3 is 2.29 bits per heavy atom. The van der Waals surface area contributed by atoms with Gasteiger partial charge in [0.1, 0.15) is 0 Å². The summed E-state index contributed by atoms with van der Waals surface area (Å²) in [5, 5.41) is 3.40. The molecule has 1 aliphatic heterocycles. The highest BCUT2D eigenvalue weighted by Gasteiger charge is 2.15. The molecule has 0 bridgehead atoms. The van der Waals surface area contributed by atoms with Crippen LogP contribution in [0.2, 0.25) is 0 Å². The highest BCUT2D eigenvalue weighted by Crippen LogP contribution is 2.40. The summed E-state index contributed by atoms with van der Waals surface area (Å²) in [5.41, 5.74) is 7.44. The number of anilines is 1. The monoisotopic (exact) mass is 269 g/mol. The number of hydrogen-bond donors (Lipinski definition) is 1. The van der Waals surface area contributed by atoms with E-state index in [-0.39, 0.29) is 0 Å². The van der Waals surface area contributed by atoms with E-state index in [9.17, 15) is 0 Å². The van der Waals surface area contributed by atoms with Gasteiger partial charge in [-0.1, -0.05) is 66.7 Å². The second-order valence-corrected chi connectivity index (χ2v) is 5.16. The van der Waals surface area contributed by atoms with E-state index < -0.39 is 0 Å².